The van der Waals surface area contributed by atoms with Crippen LogP contribution in [-0.2, 0) is 20.7 Å². The van der Waals surface area contributed by atoms with Gasteiger partial charge in [-0.3, -0.25) is 9.59 Å². The Balaban J connectivity index is 1.82. The minimum Gasteiger partial charge on any atom is -0.469 e. The van der Waals surface area contributed by atoms with Gasteiger partial charge in [0.05, 0.1) is 19.4 Å². The van der Waals surface area contributed by atoms with Crippen molar-refractivity contribution in [3.05, 3.63) is 22.4 Å². The molecule has 4 nitrogen and oxygen atoms in total. The molecule has 18 heavy (non-hydrogen) atoms. The summed E-state index contributed by atoms with van der Waals surface area (Å²) in [6, 6.07) is 1.98. The van der Waals surface area contributed by atoms with Crippen LogP contribution < -0.4 is 0 Å². The first-order valence-corrected chi connectivity index (χ1v) is 7.01. The number of esters is 1. The Kier molecular flexibility index (Phi) is 4.36. The zero-order valence-electron chi connectivity index (χ0n) is 10.4. The Hall–Kier alpha value is -1.36. The van der Waals surface area contributed by atoms with Gasteiger partial charge in [0.1, 0.15) is 0 Å². The Bertz CT molecular complexity index is 408. The van der Waals surface area contributed by atoms with Crippen LogP contribution in [0.2, 0.25) is 0 Å². The topological polar surface area (TPSA) is 46.6 Å². The van der Waals surface area contributed by atoms with E-state index in [2.05, 4.69) is 0 Å². The lowest BCUT2D eigenvalue weighted by Crippen LogP contribution is -2.41. The first kappa shape index (κ1) is 13.1. The van der Waals surface area contributed by atoms with Gasteiger partial charge in [-0.25, -0.2) is 0 Å². The van der Waals surface area contributed by atoms with Gasteiger partial charge >= 0.3 is 5.97 Å². The third-order valence-electron chi connectivity index (χ3n) is 3.32. The summed E-state index contributed by atoms with van der Waals surface area (Å²) in [5, 5.41) is 3.98. The fraction of sp³-hybridized carbons (Fsp3) is 0.538. The summed E-state index contributed by atoms with van der Waals surface area (Å²) in [5.74, 6) is -0.0446. The van der Waals surface area contributed by atoms with Crippen molar-refractivity contribution in [3.8, 4) is 0 Å². The van der Waals surface area contributed by atoms with Gasteiger partial charge in [-0.2, -0.15) is 11.3 Å². The summed E-state index contributed by atoms with van der Waals surface area (Å²) >= 11 is 1.60. The van der Waals surface area contributed by atoms with Gasteiger partial charge in [-0.1, -0.05) is 0 Å². The van der Waals surface area contributed by atoms with Crippen molar-refractivity contribution in [1.29, 1.82) is 0 Å². The van der Waals surface area contributed by atoms with E-state index in [1.54, 1.807) is 11.3 Å². The van der Waals surface area contributed by atoms with Gasteiger partial charge in [-0.05, 0) is 35.2 Å². The smallest absolute Gasteiger partial charge is 0.308 e. The van der Waals surface area contributed by atoms with Crippen LogP contribution in [0.5, 0.6) is 0 Å². The maximum Gasteiger partial charge on any atom is 0.308 e. The van der Waals surface area contributed by atoms with Crippen LogP contribution >= 0.6 is 11.3 Å². The molecule has 0 N–H and O–H groups in total. The number of amides is 1. The van der Waals surface area contributed by atoms with Crippen LogP contribution in [0.1, 0.15) is 18.4 Å². The van der Waals surface area contributed by atoms with E-state index in [1.807, 2.05) is 21.7 Å². The van der Waals surface area contributed by atoms with E-state index in [-0.39, 0.29) is 17.8 Å². The van der Waals surface area contributed by atoms with Gasteiger partial charge in [0.2, 0.25) is 5.91 Å². The highest BCUT2D eigenvalue weighted by Crippen LogP contribution is 2.19. The maximum atomic E-state index is 12.0. The number of likely N-dealkylation sites (tertiary alicyclic amines) is 1. The normalized spacial score (nSPS) is 16.6. The molecule has 98 valence electrons. The maximum absolute atomic E-state index is 12.0. The van der Waals surface area contributed by atoms with E-state index >= 15 is 0 Å². The molecule has 0 spiro atoms. The van der Waals surface area contributed by atoms with Crippen LogP contribution in [0.3, 0.4) is 0 Å². The summed E-state index contributed by atoms with van der Waals surface area (Å²) in [5.41, 5.74) is 1.07. The monoisotopic (exact) mass is 267 g/mol. The number of ether oxygens (including phenoxy) is 1. The number of carbonyl (C=O) groups excluding carboxylic acids is 2. The minimum atomic E-state index is -0.153. The fourth-order valence-electron chi connectivity index (χ4n) is 2.21. The zero-order chi connectivity index (χ0) is 13.0. The highest BCUT2D eigenvalue weighted by atomic mass is 32.1. The summed E-state index contributed by atoms with van der Waals surface area (Å²) in [4.78, 5) is 25.2. The second kappa shape index (κ2) is 6.00. The number of methoxy groups -OCH3 is 1. The largest absolute Gasteiger partial charge is 0.469 e. The molecule has 2 heterocycles. The molecule has 0 aromatic carbocycles. The molecule has 0 aliphatic carbocycles. The van der Waals surface area contributed by atoms with Crippen LogP contribution in [0, 0.1) is 5.92 Å². The summed E-state index contributed by atoms with van der Waals surface area (Å²) in [6.45, 7) is 1.31. The second-order valence-electron chi connectivity index (χ2n) is 4.49. The Labute approximate surface area is 111 Å². The van der Waals surface area contributed by atoms with Crippen LogP contribution in [0.15, 0.2) is 16.8 Å². The lowest BCUT2D eigenvalue weighted by Gasteiger charge is -2.30. The molecule has 1 fully saturated rings. The number of thiophene rings is 1. The molecule has 0 bridgehead atoms. The van der Waals surface area contributed by atoms with Crippen LogP contribution in [0.25, 0.3) is 0 Å². The Morgan fingerprint density at radius 2 is 2.17 bits per heavy atom. The summed E-state index contributed by atoms with van der Waals surface area (Å²) in [6.07, 6.45) is 1.89. The molecule has 1 amide bonds. The van der Waals surface area contributed by atoms with Crippen molar-refractivity contribution < 1.29 is 14.3 Å². The molecule has 5 heteroatoms. The Morgan fingerprint density at radius 3 is 2.72 bits per heavy atom. The zero-order valence-corrected chi connectivity index (χ0v) is 11.2. The SMILES string of the molecule is COC(=O)C1CCN(C(=O)Cc2ccsc2)CC1. The minimum absolute atomic E-state index is 0.0415. The van der Waals surface area contributed by atoms with Crippen molar-refractivity contribution in [1.82, 2.24) is 4.90 Å². The quantitative estimate of drug-likeness (QED) is 0.783. The molecule has 0 radical (unpaired) electrons. The molecule has 1 saturated heterocycles. The third-order valence-corrected chi connectivity index (χ3v) is 4.05. The summed E-state index contributed by atoms with van der Waals surface area (Å²) < 4.78 is 4.73. The molecule has 1 aliphatic rings. The highest BCUT2D eigenvalue weighted by Gasteiger charge is 2.27. The average Bonchev–Trinajstić information content (AvgIpc) is 2.91. The van der Waals surface area contributed by atoms with E-state index in [0.717, 1.165) is 5.56 Å². The van der Waals surface area contributed by atoms with Crippen molar-refractivity contribution in [2.24, 2.45) is 5.92 Å². The van der Waals surface area contributed by atoms with Crippen molar-refractivity contribution in [2.45, 2.75) is 19.3 Å². The number of nitrogens with zero attached hydrogens (tertiary/aromatic N) is 1. The molecular formula is C13H17NO3S. The molecule has 0 saturated carbocycles. The van der Waals surface area contributed by atoms with E-state index in [0.29, 0.717) is 32.4 Å². The number of hydrogen-bond donors (Lipinski definition) is 0. The van der Waals surface area contributed by atoms with Crippen molar-refractivity contribution in [2.75, 3.05) is 20.2 Å². The first-order chi connectivity index (χ1) is 8.70. The van der Waals surface area contributed by atoms with Crippen molar-refractivity contribution >= 4 is 23.2 Å². The Morgan fingerprint density at radius 1 is 1.44 bits per heavy atom. The fourth-order valence-corrected chi connectivity index (χ4v) is 2.88. The number of carbonyl (C=O) groups is 2. The number of hydrogen-bond acceptors (Lipinski definition) is 4. The van der Waals surface area contributed by atoms with Gasteiger partial charge in [0.15, 0.2) is 0 Å². The van der Waals surface area contributed by atoms with Gasteiger partial charge in [0, 0.05) is 13.1 Å². The van der Waals surface area contributed by atoms with E-state index in [1.165, 1.54) is 7.11 Å². The highest BCUT2D eigenvalue weighted by molar-refractivity contribution is 7.07. The molecule has 1 aromatic rings. The molecule has 0 atom stereocenters. The average molecular weight is 267 g/mol. The van der Waals surface area contributed by atoms with E-state index < -0.39 is 0 Å². The van der Waals surface area contributed by atoms with Gasteiger partial charge in [-0.15, -0.1) is 0 Å². The molecule has 0 unspecified atom stereocenters. The number of rotatable bonds is 3. The second-order valence-corrected chi connectivity index (χ2v) is 5.27. The molecule has 2 rings (SSSR count). The first-order valence-electron chi connectivity index (χ1n) is 6.07. The standard InChI is InChI=1S/C13H17NO3S/c1-17-13(16)11-2-5-14(6-3-11)12(15)8-10-4-7-18-9-10/h4,7,9,11H,2-3,5-6,8H2,1H3. The van der Waals surface area contributed by atoms with Crippen LogP contribution in [0.4, 0.5) is 0 Å². The van der Waals surface area contributed by atoms with Gasteiger partial charge in [0.25, 0.3) is 0 Å². The molecule has 1 aromatic heterocycles. The van der Waals surface area contributed by atoms with E-state index in [4.69, 9.17) is 4.74 Å². The van der Waals surface area contributed by atoms with Gasteiger partial charge < -0.3 is 9.64 Å². The molecule has 1 aliphatic heterocycles. The molecular weight excluding hydrogens is 250 g/mol. The van der Waals surface area contributed by atoms with E-state index in [9.17, 15) is 9.59 Å². The lowest BCUT2D eigenvalue weighted by molar-refractivity contribution is -0.148. The van der Waals surface area contributed by atoms with Crippen molar-refractivity contribution in [3.63, 3.8) is 0 Å². The van der Waals surface area contributed by atoms with Crippen LogP contribution in [-0.4, -0.2) is 37.0 Å². The lowest BCUT2D eigenvalue weighted by atomic mass is 9.96. The predicted molar refractivity (Wildman–Crippen MR) is 69.3 cm³/mol. The predicted octanol–water partition coefficient (Wildman–Crippen LogP) is 1.70. The summed E-state index contributed by atoms with van der Waals surface area (Å²) in [7, 11) is 1.41. The third kappa shape index (κ3) is 3.10. The number of piperidine rings is 1.